The van der Waals surface area contributed by atoms with Gasteiger partial charge in [-0.1, -0.05) is 23.7 Å². The second-order valence-corrected chi connectivity index (χ2v) is 6.64. The monoisotopic (exact) mass is 331 g/mol. The van der Waals surface area contributed by atoms with Gasteiger partial charge in [-0.25, -0.2) is 8.42 Å². The van der Waals surface area contributed by atoms with Crippen LogP contribution < -0.4 is 0 Å². The zero-order chi connectivity index (χ0) is 16.0. The van der Waals surface area contributed by atoms with E-state index >= 15 is 0 Å². The number of benzene rings is 1. The van der Waals surface area contributed by atoms with Gasteiger partial charge >= 0.3 is 5.97 Å². The lowest BCUT2D eigenvalue weighted by molar-refractivity contribution is -0.143. The highest BCUT2D eigenvalue weighted by molar-refractivity contribution is 7.89. The van der Waals surface area contributed by atoms with Crippen LogP contribution in [0.15, 0.2) is 35.7 Å². The van der Waals surface area contributed by atoms with E-state index in [0.717, 1.165) is 4.31 Å². The molecule has 0 spiro atoms. The van der Waals surface area contributed by atoms with E-state index < -0.39 is 16.0 Å². The van der Waals surface area contributed by atoms with Crippen LogP contribution in [0, 0.1) is 6.92 Å². The maximum Gasteiger partial charge on any atom is 0.321 e. The third-order valence-electron chi connectivity index (χ3n) is 2.71. The molecule has 0 saturated carbocycles. The molecule has 1 aromatic carbocycles. The number of halogens is 1. The first-order valence-corrected chi connectivity index (χ1v) is 8.17. The van der Waals surface area contributed by atoms with E-state index in [1.54, 1.807) is 26.0 Å². The second kappa shape index (κ2) is 7.59. The van der Waals surface area contributed by atoms with E-state index in [1.165, 1.54) is 12.1 Å². The summed E-state index contributed by atoms with van der Waals surface area (Å²) >= 11 is 5.87. The van der Waals surface area contributed by atoms with Crippen LogP contribution in [0.3, 0.4) is 0 Å². The minimum Gasteiger partial charge on any atom is -0.465 e. The first kappa shape index (κ1) is 17.7. The van der Waals surface area contributed by atoms with Gasteiger partial charge in [-0.05, 0) is 31.5 Å². The Kier molecular flexibility index (Phi) is 6.39. The molecule has 0 heterocycles. The van der Waals surface area contributed by atoms with Gasteiger partial charge < -0.3 is 4.74 Å². The Hall–Kier alpha value is -1.37. The maximum atomic E-state index is 12.6. The number of sulfonamides is 1. The van der Waals surface area contributed by atoms with Crippen molar-refractivity contribution in [1.82, 2.24) is 4.31 Å². The number of carbonyl (C=O) groups is 1. The molecule has 5 nitrogen and oxygen atoms in total. The molecule has 0 aliphatic carbocycles. The molecular weight excluding hydrogens is 314 g/mol. The maximum absolute atomic E-state index is 12.6. The molecule has 0 bridgehead atoms. The SMILES string of the molecule is C=CCN(CC(=O)OCC)S(=O)(=O)c1cc(Cl)ccc1C. The van der Waals surface area contributed by atoms with E-state index in [1.807, 2.05) is 0 Å². The second-order valence-electron chi connectivity index (χ2n) is 4.30. The molecule has 1 aromatic rings. The van der Waals surface area contributed by atoms with Crippen LogP contribution in [0.2, 0.25) is 5.02 Å². The van der Waals surface area contributed by atoms with Crippen LogP contribution in [-0.2, 0) is 19.6 Å². The Morgan fingerprint density at radius 1 is 1.48 bits per heavy atom. The average molecular weight is 332 g/mol. The van der Waals surface area contributed by atoms with Gasteiger partial charge in [-0.3, -0.25) is 4.79 Å². The molecule has 0 atom stereocenters. The molecule has 7 heteroatoms. The van der Waals surface area contributed by atoms with Gasteiger partial charge in [0.1, 0.15) is 6.54 Å². The lowest BCUT2D eigenvalue weighted by Crippen LogP contribution is -2.37. The van der Waals surface area contributed by atoms with Gasteiger partial charge in [-0.2, -0.15) is 4.31 Å². The summed E-state index contributed by atoms with van der Waals surface area (Å²) < 4.78 is 31.1. The number of nitrogens with zero attached hydrogens (tertiary/aromatic N) is 1. The molecule has 116 valence electrons. The standard InChI is InChI=1S/C14H18ClNO4S/c1-4-8-16(10-14(17)20-5-2)21(18,19)13-9-12(15)7-6-11(13)3/h4,6-7,9H,1,5,8,10H2,2-3H3. The Balaban J connectivity index is 3.18. The van der Waals surface area contributed by atoms with Crippen molar-refractivity contribution in [3.05, 3.63) is 41.4 Å². The van der Waals surface area contributed by atoms with Crippen molar-refractivity contribution < 1.29 is 17.9 Å². The summed E-state index contributed by atoms with van der Waals surface area (Å²) in [5, 5.41) is 0.314. The van der Waals surface area contributed by atoms with Crippen molar-refractivity contribution in [2.45, 2.75) is 18.7 Å². The number of hydrogen-bond acceptors (Lipinski definition) is 4. The average Bonchev–Trinajstić information content (AvgIpc) is 2.41. The number of esters is 1. The lowest BCUT2D eigenvalue weighted by Gasteiger charge is -2.21. The molecule has 0 aromatic heterocycles. The van der Waals surface area contributed by atoms with Crippen molar-refractivity contribution in [3.63, 3.8) is 0 Å². The van der Waals surface area contributed by atoms with Crippen molar-refractivity contribution in [3.8, 4) is 0 Å². The fraction of sp³-hybridized carbons (Fsp3) is 0.357. The van der Waals surface area contributed by atoms with Crippen LogP contribution in [0.4, 0.5) is 0 Å². The molecule has 0 fully saturated rings. The number of aryl methyl sites for hydroxylation is 1. The molecule has 0 aliphatic rings. The number of hydrogen-bond donors (Lipinski definition) is 0. The first-order chi connectivity index (χ1) is 9.82. The van der Waals surface area contributed by atoms with Crippen LogP contribution >= 0.6 is 11.6 Å². The summed E-state index contributed by atoms with van der Waals surface area (Å²) in [6.45, 7) is 6.67. The Labute approximate surface area is 130 Å². The van der Waals surface area contributed by atoms with E-state index in [9.17, 15) is 13.2 Å². The fourth-order valence-corrected chi connectivity index (χ4v) is 3.58. The molecule has 1 rings (SSSR count). The van der Waals surface area contributed by atoms with Crippen LogP contribution in [-0.4, -0.2) is 38.4 Å². The first-order valence-electron chi connectivity index (χ1n) is 6.35. The van der Waals surface area contributed by atoms with E-state index in [-0.39, 0.29) is 24.6 Å². The number of ether oxygens (including phenoxy) is 1. The van der Waals surface area contributed by atoms with Crippen LogP contribution in [0.25, 0.3) is 0 Å². The Bertz CT molecular complexity index is 628. The zero-order valence-electron chi connectivity index (χ0n) is 12.0. The highest BCUT2D eigenvalue weighted by atomic mass is 35.5. The van der Waals surface area contributed by atoms with Gasteiger partial charge in [-0.15, -0.1) is 6.58 Å². The van der Waals surface area contributed by atoms with E-state index in [4.69, 9.17) is 16.3 Å². The van der Waals surface area contributed by atoms with Crippen molar-refractivity contribution in [2.75, 3.05) is 19.7 Å². The molecule has 0 radical (unpaired) electrons. The lowest BCUT2D eigenvalue weighted by atomic mass is 10.2. The van der Waals surface area contributed by atoms with Crippen molar-refractivity contribution in [2.24, 2.45) is 0 Å². The summed E-state index contributed by atoms with van der Waals surface area (Å²) in [6, 6.07) is 4.60. The van der Waals surface area contributed by atoms with Crippen molar-refractivity contribution >= 4 is 27.6 Å². The quantitative estimate of drug-likeness (QED) is 0.568. The molecule has 21 heavy (non-hydrogen) atoms. The zero-order valence-corrected chi connectivity index (χ0v) is 13.6. The normalized spacial score (nSPS) is 11.4. The fourth-order valence-electron chi connectivity index (χ4n) is 1.73. The third-order valence-corrected chi connectivity index (χ3v) is 4.90. The van der Waals surface area contributed by atoms with Gasteiger partial charge in [0.2, 0.25) is 10.0 Å². The number of carbonyl (C=O) groups excluding carboxylic acids is 1. The Morgan fingerprint density at radius 3 is 2.71 bits per heavy atom. The van der Waals surface area contributed by atoms with E-state index in [0.29, 0.717) is 10.6 Å². The highest BCUT2D eigenvalue weighted by Crippen LogP contribution is 2.23. The largest absolute Gasteiger partial charge is 0.465 e. The predicted molar refractivity (Wildman–Crippen MR) is 81.8 cm³/mol. The van der Waals surface area contributed by atoms with Gasteiger partial charge in [0.25, 0.3) is 0 Å². The summed E-state index contributed by atoms with van der Waals surface area (Å²) in [5.74, 6) is -0.609. The molecule has 0 aliphatic heterocycles. The van der Waals surface area contributed by atoms with Gasteiger partial charge in [0.15, 0.2) is 0 Å². The summed E-state index contributed by atoms with van der Waals surface area (Å²) in [5.41, 5.74) is 0.553. The minimum atomic E-state index is -3.85. The van der Waals surface area contributed by atoms with Gasteiger partial charge in [0, 0.05) is 11.6 Å². The minimum absolute atomic E-state index is 0.00704. The van der Waals surface area contributed by atoms with Crippen LogP contribution in [0.5, 0.6) is 0 Å². The molecule has 0 saturated heterocycles. The topological polar surface area (TPSA) is 63.7 Å². The molecule has 0 amide bonds. The number of rotatable bonds is 7. The summed E-state index contributed by atoms with van der Waals surface area (Å²) in [6.07, 6.45) is 1.41. The summed E-state index contributed by atoms with van der Waals surface area (Å²) in [4.78, 5) is 11.6. The summed E-state index contributed by atoms with van der Waals surface area (Å²) in [7, 11) is -3.85. The van der Waals surface area contributed by atoms with Gasteiger partial charge in [0.05, 0.1) is 11.5 Å². The Morgan fingerprint density at radius 2 is 2.14 bits per heavy atom. The van der Waals surface area contributed by atoms with E-state index in [2.05, 4.69) is 6.58 Å². The highest BCUT2D eigenvalue weighted by Gasteiger charge is 2.27. The van der Waals surface area contributed by atoms with Crippen LogP contribution in [0.1, 0.15) is 12.5 Å². The molecule has 0 unspecified atom stereocenters. The molecular formula is C14H18ClNO4S. The van der Waals surface area contributed by atoms with Crippen molar-refractivity contribution in [1.29, 1.82) is 0 Å². The predicted octanol–water partition coefficient (Wildman–Crippen LogP) is 2.39. The third kappa shape index (κ3) is 4.56. The molecule has 0 N–H and O–H groups in total. The smallest absolute Gasteiger partial charge is 0.321 e.